The van der Waals surface area contributed by atoms with Crippen molar-refractivity contribution in [3.63, 3.8) is 0 Å². The highest BCUT2D eigenvalue weighted by molar-refractivity contribution is 5.87. The van der Waals surface area contributed by atoms with E-state index in [-0.39, 0.29) is 5.88 Å². The summed E-state index contributed by atoms with van der Waals surface area (Å²) in [6, 6.07) is 0. The molecule has 0 unspecified atom stereocenters. The molecular weight excluding hydrogens is 294 g/mol. The number of fused-ring (bicyclic) bond motifs is 1. The Hall–Kier alpha value is -2.14. The SMILES string of the molecule is COc1ncnc2c(N[C@@H]3O[C@@H](CO)[C@@H](O)[C@@H]3O)ncnc12. The number of nitrogens with one attached hydrogen (secondary N) is 1. The van der Waals surface area contributed by atoms with Crippen molar-refractivity contribution >= 4 is 16.9 Å². The van der Waals surface area contributed by atoms with Crippen molar-refractivity contribution in [3.05, 3.63) is 12.7 Å². The van der Waals surface area contributed by atoms with Crippen LogP contribution in [0, 0.1) is 0 Å². The lowest BCUT2D eigenvalue weighted by molar-refractivity contribution is -0.0153. The van der Waals surface area contributed by atoms with Gasteiger partial charge in [0, 0.05) is 0 Å². The quantitative estimate of drug-likeness (QED) is 0.515. The Morgan fingerprint density at radius 2 is 1.86 bits per heavy atom. The van der Waals surface area contributed by atoms with Crippen LogP contribution in [0.2, 0.25) is 0 Å². The molecule has 4 atom stereocenters. The third-order valence-corrected chi connectivity index (χ3v) is 3.40. The van der Waals surface area contributed by atoms with Crippen LogP contribution in [-0.4, -0.2) is 73.5 Å². The second-order valence-corrected chi connectivity index (χ2v) is 4.71. The zero-order chi connectivity index (χ0) is 15.7. The summed E-state index contributed by atoms with van der Waals surface area (Å²) in [7, 11) is 1.46. The van der Waals surface area contributed by atoms with Crippen LogP contribution < -0.4 is 10.1 Å². The first-order valence-electron chi connectivity index (χ1n) is 6.54. The third-order valence-electron chi connectivity index (χ3n) is 3.40. The molecule has 0 saturated carbocycles. The van der Waals surface area contributed by atoms with Crippen LogP contribution in [0.25, 0.3) is 11.0 Å². The Kier molecular flexibility index (Phi) is 3.98. The van der Waals surface area contributed by atoms with Crippen LogP contribution >= 0.6 is 0 Å². The van der Waals surface area contributed by atoms with Crippen molar-refractivity contribution in [1.82, 2.24) is 19.9 Å². The van der Waals surface area contributed by atoms with Gasteiger partial charge in [-0.1, -0.05) is 0 Å². The molecule has 118 valence electrons. The molecule has 0 radical (unpaired) electrons. The number of nitrogens with zero attached hydrogens (tertiary/aromatic N) is 4. The van der Waals surface area contributed by atoms with Crippen molar-refractivity contribution in [2.45, 2.75) is 24.5 Å². The van der Waals surface area contributed by atoms with Crippen LogP contribution in [0.5, 0.6) is 5.88 Å². The minimum atomic E-state index is -1.22. The summed E-state index contributed by atoms with van der Waals surface area (Å²) in [5.41, 5.74) is 0.779. The van der Waals surface area contributed by atoms with Crippen molar-refractivity contribution in [2.75, 3.05) is 19.0 Å². The van der Waals surface area contributed by atoms with E-state index in [0.29, 0.717) is 16.9 Å². The van der Waals surface area contributed by atoms with Crippen molar-refractivity contribution < 1.29 is 24.8 Å². The normalized spacial score (nSPS) is 28.0. The molecule has 1 saturated heterocycles. The van der Waals surface area contributed by atoms with Crippen LogP contribution in [0.3, 0.4) is 0 Å². The van der Waals surface area contributed by atoms with Gasteiger partial charge in [-0.25, -0.2) is 15.0 Å². The van der Waals surface area contributed by atoms with Gasteiger partial charge in [-0.05, 0) is 0 Å². The third kappa shape index (κ3) is 2.41. The van der Waals surface area contributed by atoms with E-state index in [4.69, 9.17) is 14.6 Å². The van der Waals surface area contributed by atoms with Gasteiger partial charge >= 0.3 is 0 Å². The number of hydrogen-bond donors (Lipinski definition) is 4. The molecule has 10 heteroatoms. The average Bonchev–Trinajstić information content (AvgIpc) is 2.82. The summed E-state index contributed by atoms with van der Waals surface area (Å²) in [6.45, 7) is -0.406. The number of methoxy groups -OCH3 is 1. The van der Waals surface area contributed by atoms with Crippen molar-refractivity contribution in [3.8, 4) is 5.88 Å². The number of hydrogen-bond acceptors (Lipinski definition) is 10. The maximum absolute atomic E-state index is 9.94. The molecule has 0 aromatic carbocycles. The van der Waals surface area contributed by atoms with Gasteiger partial charge in [-0.3, -0.25) is 0 Å². The number of aromatic nitrogens is 4. The monoisotopic (exact) mass is 309 g/mol. The molecule has 1 aliphatic rings. The highest BCUT2D eigenvalue weighted by atomic mass is 16.6. The molecule has 1 aliphatic heterocycles. The Bertz CT molecular complexity index is 671. The summed E-state index contributed by atoms with van der Waals surface area (Å²) in [5.74, 6) is 0.581. The van der Waals surface area contributed by atoms with Gasteiger partial charge in [0.1, 0.15) is 36.5 Å². The van der Waals surface area contributed by atoms with Crippen molar-refractivity contribution in [2.24, 2.45) is 0 Å². The first kappa shape index (κ1) is 14.8. The predicted octanol–water partition coefficient (Wildman–Crippen LogP) is -1.72. The molecule has 3 rings (SSSR count). The zero-order valence-electron chi connectivity index (χ0n) is 11.6. The van der Waals surface area contributed by atoms with Crippen LogP contribution in [-0.2, 0) is 4.74 Å². The van der Waals surface area contributed by atoms with Crippen molar-refractivity contribution in [1.29, 1.82) is 0 Å². The molecule has 4 N–H and O–H groups in total. The van der Waals surface area contributed by atoms with Gasteiger partial charge in [0.05, 0.1) is 13.7 Å². The minimum absolute atomic E-state index is 0.289. The summed E-state index contributed by atoms with van der Waals surface area (Å²) in [4.78, 5) is 16.1. The molecule has 2 aromatic rings. The number of aliphatic hydroxyl groups excluding tert-OH is 3. The fourth-order valence-electron chi connectivity index (χ4n) is 2.27. The lowest BCUT2D eigenvalue weighted by atomic mass is 10.1. The highest BCUT2D eigenvalue weighted by Crippen LogP contribution is 2.26. The maximum Gasteiger partial charge on any atom is 0.243 e. The molecule has 3 heterocycles. The lowest BCUT2D eigenvalue weighted by Crippen LogP contribution is -2.36. The topological polar surface area (TPSA) is 143 Å². The molecule has 22 heavy (non-hydrogen) atoms. The van der Waals surface area contributed by atoms with E-state index in [1.165, 1.54) is 19.8 Å². The Labute approximate surface area is 124 Å². The summed E-state index contributed by atoms with van der Waals surface area (Å²) >= 11 is 0. The van der Waals surface area contributed by atoms with Crippen LogP contribution in [0.4, 0.5) is 5.82 Å². The standard InChI is InChI=1S/C12H15N5O5/c1-21-11-7-6(13-4-16-11)10(15-3-14-7)17-12-9(20)8(19)5(2-18)22-12/h3-5,8-9,12,18-20H,2H2,1H3,(H,14,15,17)/t5-,8+,9-,12+/m0/s1. The van der Waals surface area contributed by atoms with Gasteiger partial charge in [-0.2, -0.15) is 4.98 Å². The molecule has 0 spiro atoms. The Morgan fingerprint density at radius 1 is 1.14 bits per heavy atom. The second-order valence-electron chi connectivity index (χ2n) is 4.71. The van der Waals surface area contributed by atoms with Crippen LogP contribution in [0.15, 0.2) is 12.7 Å². The fourth-order valence-corrected chi connectivity index (χ4v) is 2.27. The van der Waals surface area contributed by atoms with E-state index < -0.39 is 31.1 Å². The Morgan fingerprint density at radius 3 is 2.55 bits per heavy atom. The summed E-state index contributed by atoms with van der Waals surface area (Å²) in [5, 5.41) is 31.6. The molecule has 10 nitrogen and oxygen atoms in total. The smallest absolute Gasteiger partial charge is 0.243 e. The minimum Gasteiger partial charge on any atom is -0.479 e. The number of ether oxygens (including phenoxy) is 2. The maximum atomic E-state index is 9.94. The van der Waals surface area contributed by atoms with E-state index in [2.05, 4.69) is 25.3 Å². The largest absolute Gasteiger partial charge is 0.479 e. The fraction of sp³-hybridized carbons (Fsp3) is 0.500. The first-order valence-corrected chi connectivity index (χ1v) is 6.54. The van der Waals surface area contributed by atoms with Gasteiger partial charge in [0.2, 0.25) is 5.88 Å². The average molecular weight is 309 g/mol. The van der Waals surface area contributed by atoms with E-state index in [0.717, 1.165) is 0 Å². The Balaban J connectivity index is 1.92. The van der Waals surface area contributed by atoms with E-state index in [1.54, 1.807) is 0 Å². The summed E-state index contributed by atoms with van der Waals surface area (Å²) < 4.78 is 10.5. The molecular formula is C12H15N5O5. The molecule has 0 bridgehead atoms. The first-order chi connectivity index (χ1) is 10.7. The van der Waals surface area contributed by atoms with E-state index in [9.17, 15) is 10.2 Å². The van der Waals surface area contributed by atoms with Gasteiger partial charge < -0.3 is 30.1 Å². The predicted molar refractivity (Wildman–Crippen MR) is 73.1 cm³/mol. The highest BCUT2D eigenvalue weighted by Gasteiger charge is 2.42. The van der Waals surface area contributed by atoms with Gasteiger partial charge in [0.15, 0.2) is 17.6 Å². The van der Waals surface area contributed by atoms with Gasteiger partial charge in [-0.15, -0.1) is 0 Å². The molecule has 0 aliphatic carbocycles. The second kappa shape index (κ2) is 5.93. The number of rotatable bonds is 4. The summed E-state index contributed by atoms with van der Waals surface area (Å²) in [6.07, 6.45) is -1.63. The van der Waals surface area contributed by atoms with E-state index >= 15 is 0 Å². The zero-order valence-corrected chi connectivity index (χ0v) is 11.6. The van der Waals surface area contributed by atoms with Gasteiger partial charge in [0.25, 0.3) is 0 Å². The van der Waals surface area contributed by atoms with E-state index in [1.807, 2.05) is 0 Å². The molecule has 0 amide bonds. The number of aliphatic hydroxyl groups is 3. The lowest BCUT2D eigenvalue weighted by Gasteiger charge is -2.17. The molecule has 2 aromatic heterocycles. The van der Waals surface area contributed by atoms with Crippen LogP contribution in [0.1, 0.15) is 0 Å². The number of anilines is 1. The molecule has 1 fully saturated rings.